The Morgan fingerprint density at radius 2 is 1.80 bits per heavy atom. The molecule has 1 aliphatic rings. The lowest BCUT2D eigenvalue weighted by Gasteiger charge is -2.35. The van der Waals surface area contributed by atoms with Gasteiger partial charge in [0.15, 0.2) is 0 Å². The van der Waals surface area contributed by atoms with Gasteiger partial charge in [-0.05, 0) is 26.7 Å². The molecule has 1 N–H and O–H groups in total. The first-order valence-corrected chi connectivity index (χ1v) is 7.38. The summed E-state index contributed by atoms with van der Waals surface area (Å²) < 4.78 is 0. The monoisotopic (exact) mass is 284 g/mol. The number of carbonyl (C=O) groups is 2. The highest BCUT2D eigenvalue weighted by molar-refractivity contribution is 5.80. The van der Waals surface area contributed by atoms with Gasteiger partial charge in [-0.1, -0.05) is 13.8 Å². The minimum Gasteiger partial charge on any atom is -0.389 e. The lowest BCUT2D eigenvalue weighted by atomic mass is 9.94. The molecule has 0 atom stereocenters. The van der Waals surface area contributed by atoms with Crippen molar-refractivity contribution in [2.45, 2.75) is 46.1 Å². The summed E-state index contributed by atoms with van der Waals surface area (Å²) in [6.07, 6.45) is 1.43. The van der Waals surface area contributed by atoms with E-state index in [2.05, 4.69) is 0 Å². The smallest absolute Gasteiger partial charge is 0.225 e. The SMILES string of the molecule is CC(C)C(=O)N1CCC(C(=O)N(C)CC(C)(C)O)CC1. The van der Waals surface area contributed by atoms with Crippen molar-refractivity contribution in [1.82, 2.24) is 9.80 Å². The molecule has 1 saturated heterocycles. The van der Waals surface area contributed by atoms with Crippen LogP contribution < -0.4 is 0 Å². The van der Waals surface area contributed by atoms with Gasteiger partial charge in [-0.3, -0.25) is 9.59 Å². The second-order valence-electron chi connectivity index (χ2n) is 6.76. The summed E-state index contributed by atoms with van der Waals surface area (Å²) in [5, 5.41) is 9.76. The molecule has 0 aromatic rings. The Bertz CT molecular complexity index is 353. The van der Waals surface area contributed by atoms with E-state index in [1.807, 2.05) is 18.7 Å². The number of hydrogen-bond donors (Lipinski definition) is 1. The third-order valence-electron chi connectivity index (χ3n) is 3.65. The van der Waals surface area contributed by atoms with Crippen LogP contribution >= 0.6 is 0 Å². The maximum absolute atomic E-state index is 12.3. The van der Waals surface area contributed by atoms with Gasteiger partial charge < -0.3 is 14.9 Å². The van der Waals surface area contributed by atoms with E-state index in [1.165, 1.54) is 0 Å². The number of aliphatic hydroxyl groups is 1. The van der Waals surface area contributed by atoms with Gasteiger partial charge in [0.1, 0.15) is 0 Å². The van der Waals surface area contributed by atoms with Crippen LogP contribution in [0.15, 0.2) is 0 Å². The Balaban J connectivity index is 2.49. The van der Waals surface area contributed by atoms with E-state index >= 15 is 0 Å². The van der Waals surface area contributed by atoms with Crippen LogP contribution in [-0.4, -0.2) is 59.0 Å². The highest BCUT2D eigenvalue weighted by Crippen LogP contribution is 2.21. The molecule has 0 spiro atoms. The lowest BCUT2D eigenvalue weighted by Crippen LogP contribution is -2.47. The topological polar surface area (TPSA) is 60.9 Å². The predicted octanol–water partition coefficient (Wildman–Crippen LogP) is 1.11. The van der Waals surface area contributed by atoms with Crippen LogP contribution in [0.1, 0.15) is 40.5 Å². The molecule has 0 aliphatic carbocycles. The summed E-state index contributed by atoms with van der Waals surface area (Å²) in [5.41, 5.74) is -0.876. The van der Waals surface area contributed by atoms with Gasteiger partial charge in [0.25, 0.3) is 0 Å². The first-order chi connectivity index (χ1) is 9.11. The number of carbonyl (C=O) groups excluding carboxylic acids is 2. The standard InChI is InChI=1S/C15H28N2O3/c1-11(2)13(18)17-8-6-12(7-9-17)14(19)16(5)10-15(3,4)20/h11-12,20H,6-10H2,1-5H3. The largest absolute Gasteiger partial charge is 0.389 e. The quantitative estimate of drug-likeness (QED) is 0.841. The van der Waals surface area contributed by atoms with Gasteiger partial charge in [-0.15, -0.1) is 0 Å². The van der Waals surface area contributed by atoms with Crippen LogP contribution in [0.3, 0.4) is 0 Å². The van der Waals surface area contributed by atoms with Crippen molar-refractivity contribution < 1.29 is 14.7 Å². The van der Waals surface area contributed by atoms with Crippen LogP contribution in [0.5, 0.6) is 0 Å². The fourth-order valence-electron chi connectivity index (χ4n) is 2.68. The summed E-state index contributed by atoms with van der Waals surface area (Å²) in [6, 6.07) is 0. The molecule has 5 heteroatoms. The minimum atomic E-state index is -0.876. The van der Waals surface area contributed by atoms with Crippen molar-refractivity contribution in [2.75, 3.05) is 26.7 Å². The van der Waals surface area contributed by atoms with Gasteiger partial charge in [-0.25, -0.2) is 0 Å². The zero-order valence-electron chi connectivity index (χ0n) is 13.3. The number of nitrogens with zero attached hydrogens (tertiary/aromatic N) is 2. The normalized spacial score (nSPS) is 17.4. The van der Waals surface area contributed by atoms with Crippen LogP contribution in [0.4, 0.5) is 0 Å². The van der Waals surface area contributed by atoms with Crippen molar-refractivity contribution in [3.8, 4) is 0 Å². The number of likely N-dealkylation sites (tertiary alicyclic amines) is 1. The van der Waals surface area contributed by atoms with Crippen molar-refractivity contribution in [3.05, 3.63) is 0 Å². The van der Waals surface area contributed by atoms with Crippen LogP contribution in [-0.2, 0) is 9.59 Å². The Morgan fingerprint density at radius 3 is 2.20 bits per heavy atom. The summed E-state index contributed by atoms with van der Waals surface area (Å²) in [5.74, 6) is 0.225. The summed E-state index contributed by atoms with van der Waals surface area (Å²) in [6.45, 7) is 8.83. The minimum absolute atomic E-state index is 0.0140. The molecule has 1 heterocycles. The van der Waals surface area contributed by atoms with Gasteiger partial charge in [0.2, 0.25) is 11.8 Å². The van der Waals surface area contributed by atoms with E-state index in [0.717, 1.165) is 0 Å². The Hall–Kier alpha value is -1.10. The number of rotatable bonds is 4. The van der Waals surface area contributed by atoms with Crippen LogP contribution in [0, 0.1) is 11.8 Å². The van der Waals surface area contributed by atoms with Crippen molar-refractivity contribution in [1.29, 1.82) is 0 Å². The van der Waals surface area contributed by atoms with Gasteiger partial charge >= 0.3 is 0 Å². The molecule has 116 valence electrons. The molecule has 0 unspecified atom stereocenters. The maximum Gasteiger partial charge on any atom is 0.225 e. The Labute approximate surface area is 121 Å². The van der Waals surface area contributed by atoms with Crippen LogP contribution in [0.25, 0.3) is 0 Å². The van der Waals surface area contributed by atoms with Crippen LogP contribution in [0.2, 0.25) is 0 Å². The van der Waals surface area contributed by atoms with E-state index < -0.39 is 5.60 Å². The fourth-order valence-corrected chi connectivity index (χ4v) is 2.68. The molecule has 0 radical (unpaired) electrons. The van der Waals surface area contributed by atoms with E-state index in [9.17, 15) is 14.7 Å². The molecule has 0 aromatic heterocycles. The summed E-state index contributed by atoms with van der Waals surface area (Å²) >= 11 is 0. The zero-order valence-corrected chi connectivity index (χ0v) is 13.3. The predicted molar refractivity (Wildman–Crippen MR) is 78.1 cm³/mol. The van der Waals surface area contributed by atoms with Crippen molar-refractivity contribution in [2.24, 2.45) is 11.8 Å². The molecule has 0 saturated carbocycles. The lowest BCUT2D eigenvalue weighted by molar-refractivity contribution is -0.142. The molecule has 1 fully saturated rings. The first kappa shape index (κ1) is 17.0. The van der Waals surface area contributed by atoms with Crippen molar-refractivity contribution >= 4 is 11.8 Å². The van der Waals surface area contributed by atoms with Gasteiger partial charge in [-0.2, -0.15) is 0 Å². The molecule has 0 bridgehead atoms. The summed E-state index contributed by atoms with van der Waals surface area (Å²) in [7, 11) is 1.73. The third kappa shape index (κ3) is 4.78. The summed E-state index contributed by atoms with van der Waals surface area (Å²) in [4.78, 5) is 27.6. The number of likely N-dealkylation sites (N-methyl/N-ethyl adjacent to an activating group) is 1. The van der Waals surface area contributed by atoms with E-state index in [0.29, 0.717) is 32.5 Å². The molecular weight excluding hydrogens is 256 g/mol. The fraction of sp³-hybridized carbons (Fsp3) is 0.867. The molecule has 2 amide bonds. The third-order valence-corrected chi connectivity index (χ3v) is 3.65. The van der Waals surface area contributed by atoms with E-state index in [1.54, 1.807) is 25.8 Å². The van der Waals surface area contributed by atoms with Gasteiger partial charge in [0, 0.05) is 38.5 Å². The number of amides is 2. The average molecular weight is 284 g/mol. The maximum atomic E-state index is 12.3. The average Bonchev–Trinajstić information content (AvgIpc) is 2.35. The molecular formula is C15H28N2O3. The highest BCUT2D eigenvalue weighted by atomic mass is 16.3. The molecule has 20 heavy (non-hydrogen) atoms. The highest BCUT2D eigenvalue weighted by Gasteiger charge is 2.31. The second-order valence-corrected chi connectivity index (χ2v) is 6.76. The number of hydrogen-bond acceptors (Lipinski definition) is 3. The second kappa shape index (κ2) is 6.57. The molecule has 1 rings (SSSR count). The Kier molecular flexibility index (Phi) is 5.57. The first-order valence-electron chi connectivity index (χ1n) is 7.38. The molecule has 1 aliphatic heterocycles. The molecule has 5 nitrogen and oxygen atoms in total. The van der Waals surface area contributed by atoms with Gasteiger partial charge in [0.05, 0.1) is 5.60 Å². The van der Waals surface area contributed by atoms with E-state index in [4.69, 9.17) is 0 Å². The van der Waals surface area contributed by atoms with Crippen molar-refractivity contribution in [3.63, 3.8) is 0 Å². The number of piperidine rings is 1. The molecule has 0 aromatic carbocycles. The zero-order chi connectivity index (χ0) is 15.5. The van der Waals surface area contributed by atoms with E-state index in [-0.39, 0.29) is 23.7 Å². The Morgan fingerprint density at radius 1 is 1.30 bits per heavy atom.